The number of hydrogen-bond acceptors (Lipinski definition) is 3. The molecule has 2 aromatic rings. The van der Waals surface area contributed by atoms with Crippen molar-refractivity contribution in [2.45, 2.75) is 0 Å². The highest BCUT2D eigenvalue weighted by Gasteiger charge is 2.11. The Balaban J connectivity index is 1.88. The fourth-order valence-electron chi connectivity index (χ4n) is 1.93. The minimum Gasteiger partial charge on any atom is -0.507 e. The van der Waals surface area contributed by atoms with Crippen molar-refractivity contribution in [1.29, 1.82) is 0 Å². The highest BCUT2D eigenvalue weighted by molar-refractivity contribution is 9.10. The van der Waals surface area contributed by atoms with Crippen LogP contribution in [0.1, 0.15) is 10.4 Å². The van der Waals surface area contributed by atoms with Crippen molar-refractivity contribution in [3.05, 3.63) is 58.6 Å². The molecule has 0 saturated heterocycles. The Hall–Kier alpha value is -2.01. The Morgan fingerprint density at radius 1 is 1.24 bits per heavy atom. The quantitative estimate of drug-likeness (QED) is 0.873. The molecule has 0 aliphatic heterocycles. The van der Waals surface area contributed by atoms with E-state index in [1.807, 2.05) is 37.4 Å². The number of benzene rings is 2. The minimum absolute atomic E-state index is 0.0212. The number of likely N-dealkylation sites (N-methyl/N-ethyl adjacent to an activating group) is 1. The first-order chi connectivity index (χ1) is 10.1. The third kappa shape index (κ3) is 4.23. The van der Waals surface area contributed by atoms with E-state index < -0.39 is 0 Å². The van der Waals surface area contributed by atoms with E-state index in [4.69, 9.17) is 0 Å². The molecule has 0 radical (unpaired) electrons. The van der Waals surface area contributed by atoms with Crippen LogP contribution in [0, 0.1) is 0 Å². The average Bonchev–Trinajstić information content (AvgIpc) is 2.50. The van der Waals surface area contributed by atoms with Crippen LogP contribution in [0.2, 0.25) is 0 Å². The molecule has 0 aliphatic carbocycles. The molecule has 0 fully saturated rings. The van der Waals surface area contributed by atoms with Crippen molar-refractivity contribution >= 4 is 27.5 Å². The van der Waals surface area contributed by atoms with Gasteiger partial charge in [0.1, 0.15) is 5.75 Å². The van der Waals surface area contributed by atoms with Gasteiger partial charge in [-0.05, 0) is 30.3 Å². The van der Waals surface area contributed by atoms with E-state index in [1.165, 1.54) is 6.07 Å². The summed E-state index contributed by atoms with van der Waals surface area (Å²) in [5.74, 6) is -0.303. The molecule has 21 heavy (non-hydrogen) atoms. The van der Waals surface area contributed by atoms with Gasteiger partial charge in [0.15, 0.2) is 0 Å². The molecule has 0 unspecified atom stereocenters. The van der Waals surface area contributed by atoms with Gasteiger partial charge in [-0.2, -0.15) is 0 Å². The fourth-order valence-corrected chi connectivity index (χ4v) is 2.30. The number of carbonyl (C=O) groups is 1. The van der Waals surface area contributed by atoms with Crippen LogP contribution in [-0.2, 0) is 0 Å². The van der Waals surface area contributed by atoms with Crippen molar-refractivity contribution < 1.29 is 9.90 Å². The summed E-state index contributed by atoms with van der Waals surface area (Å²) < 4.78 is 0.756. The van der Waals surface area contributed by atoms with Gasteiger partial charge in [-0.3, -0.25) is 4.79 Å². The van der Waals surface area contributed by atoms with Crippen molar-refractivity contribution in [3.8, 4) is 5.75 Å². The number of hydrogen-bond donors (Lipinski definition) is 2. The lowest BCUT2D eigenvalue weighted by Gasteiger charge is -2.19. The molecule has 110 valence electrons. The second kappa shape index (κ2) is 7.13. The highest BCUT2D eigenvalue weighted by atomic mass is 79.9. The third-order valence-corrected chi connectivity index (χ3v) is 3.63. The summed E-state index contributed by atoms with van der Waals surface area (Å²) in [4.78, 5) is 14.1. The van der Waals surface area contributed by atoms with Crippen molar-refractivity contribution in [1.82, 2.24) is 5.32 Å². The van der Waals surface area contributed by atoms with Gasteiger partial charge in [0.2, 0.25) is 0 Å². The zero-order chi connectivity index (χ0) is 15.2. The van der Waals surface area contributed by atoms with Crippen LogP contribution in [0.15, 0.2) is 53.0 Å². The molecule has 0 aromatic heterocycles. The third-order valence-electron chi connectivity index (χ3n) is 3.13. The zero-order valence-corrected chi connectivity index (χ0v) is 13.3. The monoisotopic (exact) mass is 348 g/mol. The Bertz CT molecular complexity index is 617. The number of carbonyl (C=O) groups excluding carboxylic acids is 1. The number of amides is 1. The maximum absolute atomic E-state index is 12.0. The molecule has 0 spiro atoms. The number of aromatic hydroxyl groups is 1. The van der Waals surface area contributed by atoms with E-state index in [1.54, 1.807) is 12.1 Å². The molecule has 5 heteroatoms. The van der Waals surface area contributed by atoms with Crippen LogP contribution in [0.3, 0.4) is 0 Å². The largest absolute Gasteiger partial charge is 0.507 e. The lowest BCUT2D eigenvalue weighted by atomic mass is 10.2. The minimum atomic E-state index is -0.282. The van der Waals surface area contributed by atoms with Crippen LogP contribution >= 0.6 is 15.9 Å². The first-order valence-corrected chi connectivity index (χ1v) is 7.40. The van der Waals surface area contributed by atoms with E-state index in [2.05, 4.69) is 26.1 Å². The average molecular weight is 349 g/mol. The van der Waals surface area contributed by atoms with Crippen LogP contribution in [0.4, 0.5) is 5.69 Å². The molecule has 0 aliphatic rings. The summed E-state index contributed by atoms with van der Waals surface area (Å²) in [7, 11) is 1.97. The summed E-state index contributed by atoms with van der Waals surface area (Å²) in [5, 5.41) is 12.5. The van der Waals surface area contributed by atoms with Gasteiger partial charge in [0.25, 0.3) is 5.91 Å². The lowest BCUT2D eigenvalue weighted by molar-refractivity contribution is 0.0952. The standard InChI is InChI=1S/C16H17BrN2O2/c1-19(13-5-3-2-4-6-13)10-9-18-16(21)14-11-12(17)7-8-15(14)20/h2-8,11,20H,9-10H2,1H3,(H,18,21). The van der Waals surface area contributed by atoms with E-state index >= 15 is 0 Å². The van der Waals surface area contributed by atoms with Gasteiger partial charge in [-0.15, -0.1) is 0 Å². The maximum atomic E-state index is 12.0. The molecule has 2 rings (SSSR count). The Morgan fingerprint density at radius 3 is 2.67 bits per heavy atom. The van der Waals surface area contributed by atoms with Crippen LogP contribution in [-0.4, -0.2) is 31.2 Å². The Kier molecular flexibility index (Phi) is 5.22. The van der Waals surface area contributed by atoms with Crippen LogP contribution in [0.25, 0.3) is 0 Å². The van der Waals surface area contributed by atoms with Gasteiger partial charge in [0.05, 0.1) is 5.56 Å². The van der Waals surface area contributed by atoms with E-state index in [0.717, 1.165) is 10.2 Å². The van der Waals surface area contributed by atoms with Crippen LogP contribution < -0.4 is 10.2 Å². The molecule has 1 amide bonds. The molecular formula is C16H17BrN2O2. The molecule has 0 bridgehead atoms. The Morgan fingerprint density at radius 2 is 1.95 bits per heavy atom. The zero-order valence-electron chi connectivity index (χ0n) is 11.7. The summed E-state index contributed by atoms with van der Waals surface area (Å²) in [5.41, 5.74) is 1.36. The number of phenols is 1. The van der Waals surface area contributed by atoms with Crippen molar-refractivity contribution in [2.75, 3.05) is 25.0 Å². The van der Waals surface area contributed by atoms with Gasteiger partial charge in [-0.25, -0.2) is 0 Å². The van der Waals surface area contributed by atoms with E-state index in [0.29, 0.717) is 13.1 Å². The number of para-hydroxylation sites is 1. The summed E-state index contributed by atoms with van der Waals surface area (Å²) >= 11 is 3.29. The second-order valence-corrected chi connectivity index (χ2v) is 5.59. The van der Waals surface area contributed by atoms with Crippen LogP contribution in [0.5, 0.6) is 5.75 Å². The number of halogens is 1. The molecule has 2 aromatic carbocycles. The summed E-state index contributed by atoms with van der Waals surface area (Å²) in [6, 6.07) is 14.7. The van der Waals surface area contributed by atoms with Gasteiger partial charge in [-0.1, -0.05) is 34.1 Å². The number of nitrogens with one attached hydrogen (secondary N) is 1. The fraction of sp³-hybridized carbons (Fsp3) is 0.188. The van der Waals surface area contributed by atoms with Crippen molar-refractivity contribution in [2.24, 2.45) is 0 Å². The molecule has 0 atom stereocenters. The van der Waals surface area contributed by atoms with Gasteiger partial charge in [0, 0.05) is 30.3 Å². The number of rotatable bonds is 5. The lowest BCUT2D eigenvalue weighted by Crippen LogP contribution is -2.33. The number of anilines is 1. The van der Waals surface area contributed by atoms with E-state index in [-0.39, 0.29) is 17.2 Å². The summed E-state index contributed by atoms with van der Waals surface area (Å²) in [6.45, 7) is 1.18. The molecule has 2 N–H and O–H groups in total. The number of phenolic OH excluding ortho intramolecular Hbond substituents is 1. The Labute approximate surface area is 132 Å². The second-order valence-electron chi connectivity index (χ2n) is 4.67. The maximum Gasteiger partial charge on any atom is 0.255 e. The van der Waals surface area contributed by atoms with Gasteiger partial charge < -0.3 is 15.3 Å². The molecule has 0 heterocycles. The smallest absolute Gasteiger partial charge is 0.255 e. The first-order valence-electron chi connectivity index (χ1n) is 6.61. The SMILES string of the molecule is CN(CCNC(=O)c1cc(Br)ccc1O)c1ccccc1. The summed E-state index contributed by atoms with van der Waals surface area (Å²) in [6.07, 6.45) is 0. The highest BCUT2D eigenvalue weighted by Crippen LogP contribution is 2.21. The van der Waals surface area contributed by atoms with Crippen molar-refractivity contribution in [3.63, 3.8) is 0 Å². The molecule has 4 nitrogen and oxygen atoms in total. The predicted octanol–water partition coefficient (Wildman–Crippen LogP) is 3.02. The van der Waals surface area contributed by atoms with E-state index in [9.17, 15) is 9.90 Å². The molecular weight excluding hydrogens is 332 g/mol. The molecule has 0 saturated carbocycles. The normalized spacial score (nSPS) is 10.2. The van der Waals surface area contributed by atoms with Gasteiger partial charge >= 0.3 is 0 Å². The number of nitrogens with zero attached hydrogens (tertiary/aromatic N) is 1. The first kappa shape index (κ1) is 15.4. The topological polar surface area (TPSA) is 52.6 Å². The predicted molar refractivity (Wildman–Crippen MR) is 87.9 cm³/mol.